The van der Waals surface area contributed by atoms with Crippen LogP contribution in [0.4, 0.5) is 4.39 Å². The summed E-state index contributed by atoms with van der Waals surface area (Å²) in [6.45, 7) is 4.70. The van der Waals surface area contributed by atoms with E-state index < -0.39 is 5.82 Å². The second-order valence-electron chi connectivity index (χ2n) is 5.14. The molecule has 1 aromatic rings. The molecule has 106 valence electrons. The molecule has 0 spiro atoms. The Balaban J connectivity index is 2.69. The van der Waals surface area contributed by atoms with Crippen molar-refractivity contribution in [1.82, 2.24) is 10.2 Å². The number of benzene rings is 1. The number of amides is 1. The van der Waals surface area contributed by atoms with Crippen molar-refractivity contribution in [3.63, 3.8) is 0 Å². The standard InChI is InChI=1S/C14H20ClFN2O/c1-9(2)13(18(3)4)8-17-14(19)10-5-11(15)7-12(16)6-10/h5-7,9,13H,8H2,1-4H3,(H,17,19). The van der Waals surface area contributed by atoms with Gasteiger partial charge in [0.1, 0.15) is 5.82 Å². The van der Waals surface area contributed by atoms with Gasteiger partial charge in [-0.15, -0.1) is 0 Å². The minimum atomic E-state index is -0.509. The van der Waals surface area contributed by atoms with E-state index in [2.05, 4.69) is 24.1 Å². The van der Waals surface area contributed by atoms with Gasteiger partial charge in [-0.1, -0.05) is 25.4 Å². The number of hydrogen-bond donors (Lipinski definition) is 1. The molecule has 0 aromatic heterocycles. The van der Waals surface area contributed by atoms with Crippen LogP contribution in [0.25, 0.3) is 0 Å². The van der Waals surface area contributed by atoms with Gasteiger partial charge in [-0.3, -0.25) is 4.79 Å². The van der Waals surface area contributed by atoms with E-state index in [0.717, 1.165) is 0 Å². The molecule has 0 aliphatic rings. The summed E-state index contributed by atoms with van der Waals surface area (Å²) in [6, 6.07) is 4.05. The first-order valence-corrected chi connectivity index (χ1v) is 6.59. The molecular weight excluding hydrogens is 267 g/mol. The molecule has 1 unspecified atom stereocenters. The molecule has 3 nitrogen and oxygen atoms in total. The highest BCUT2D eigenvalue weighted by molar-refractivity contribution is 6.31. The van der Waals surface area contributed by atoms with Crippen LogP contribution in [-0.2, 0) is 0 Å². The fourth-order valence-electron chi connectivity index (χ4n) is 2.00. The van der Waals surface area contributed by atoms with E-state index in [1.54, 1.807) is 0 Å². The zero-order chi connectivity index (χ0) is 14.6. The van der Waals surface area contributed by atoms with E-state index in [1.165, 1.54) is 18.2 Å². The number of nitrogens with zero attached hydrogens (tertiary/aromatic N) is 1. The van der Waals surface area contributed by atoms with Crippen LogP contribution in [0, 0.1) is 11.7 Å². The molecule has 1 aromatic carbocycles. The smallest absolute Gasteiger partial charge is 0.251 e. The summed E-state index contributed by atoms with van der Waals surface area (Å²) in [6.07, 6.45) is 0. The van der Waals surface area contributed by atoms with Gasteiger partial charge in [-0.2, -0.15) is 0 Å². The van der Waals surface area contributed by atoms with E-state index in [0.29, 0.717) is 12.5 Å². The van der Waals surface area contributed by atoms with Crippen molar-refractivity contribution in [2.24, 2.45) is 5.92 Å². The van der Waals surface area contributed by atoms with Crippen LogP contribution in [0.5, 0.6) is 0 Å². The maximum atomic E-state index is 13.2. The zero-order valence-corrected chi connectivity index (χ0v) is 12.5. The predicted octanol–water partition coefficient (Wildman–Crippen LogP) is 2.80. The first kappa shape index (κ1) is 15.9. The van der Waals surface area contributed by atoms with Crippen molar-refractivity contribution in [2.45, 2.75) is 19.9 Å². The topological polar surface area (TPSA) is 32.3 Å². The molecule has 0 aliphatic carbocycles. The second kappa shape index (κ2) is 6.87. The molecule has 19 heavy (non-hydrogen) atoms. The maximum absolute atomic E-state index is 13.2. The number of carbonyl (C=O) groups is 1. The van der Waals surface area contributed by atoms with Crippen LogP contribution in [0.15, 0.2) is 18.2 Å². The predicted molar refractivity (Wildman–Crippen MR) is 76.1 cm³/mol. The lowest BCUT2D eigenvalue weighted by Crippen LogP contribution is -2.43. The Bertz CT molecular complexity index is 421. The van der Waals surface area contributed by atoms with Gasteiger partial charge < -0.3 is 10.2 Å². The molecule has 1 N–H and O–H groups in total. The van der Waals surface area contributed by atoms with Crippen molar-refractivity contribution < 1.29 is 9.18 Å². The second-order valence-corrected chi connectivity index (χ2v) is 5.58. The highest BCUT2D eigenvalue weighted by Gasteiger charge is 2.17. The summed E-state index contributed by atoms with van der Waals surface area (Å²) in [4.78, 5) is 14.0. The SMILES string of the molecule is CC(C)C(CNC(=O)c1cc(F)cc(Cl)c1)N(C)C. The fourth-order valence-corrected chi connectivity index (χ4v) is 2.22. The van der Waals surface area contributed by atoms with Crippen LogP contribution in [0.1, 0.15) is 24.2 Å². The summed E-state index contributed by atoms with van der Waals surface area (Å²) in [5.74, 6) is -0.411. The summed E-state index contributed by atoms with van der Waals surface area (Å²) in [5, 5.41) is 3.03. The summed E-state index contributed by atoms with van der Waals surface area (Å²) >= 11 is 5.73. The van der Waals surface area contributed by atoms with Gasteiger partial charge in [-0.05, 0) is 38.2 Å². The third kappa shape index (κ3) is 4.80. The molecule has 0 bridgehead atoms. The van der Waals surface area contributed by atoms with Crippen LogP contribution in [0.3, 0.4) is 0 Å². The van der Waals surface area contributed by atoms with E-state index in [-0.39, 0.29) is 22.5 Å². The largest absolute Gasteiger partial charge is 0.350 e. The highest BCUT2D eigenvalue weighted by Crippen LogP contribution is 2.14. The van der Waals surface area contributed by atoms with Gasteiger partial charge in [0.2, 0.25) is 0 Å². The van der Waals surface area contributed by atoms with Crippen molar-refractivity contribution >= 4 is 17.5 Å². The number of carbonyl (C=O) groups excluding carboxylic acids is 1. The highest BCUT2D eigenvalue weighted by atomic mass is 35.5. The van der Waals surface area contributed by atoms with Crippen molar-refractivity contribution in [3.05, 3.63) is 34.6 Å². The Morgan fingerprint density at radius 3 is 2.47 bits per heavy atom. The molecule has 0 saturated heterocycles. The molecule has 1 amide bonds. The quantitative estimate of drug-likeness (QED) is 0.903. The number of rotatable bonds is 5. The first-order valence-electron chi connectivity index (χ1n) is 6.22. The van der Waals surface area contributed by atoms with Crippen molar-refractivity contribution in [3.8, 4) is 0 Å². The van der Waals surface area contributed by atoms with Crippen LogP contribution >= 0.6 is 11.6 Å². The van der Waals surface area contributed by atoms with Gasteiger partial charge >= 0.3 is 0 Å². The lowest BCUT2D eigenvalue weighted by Gasteiger charge is -2.28. The number of hydrogen-bond acceptors (Lipinski definition) is 2. The fraction of sp³-hybridized carbons (Fsp3) is 0.500. The molecule has 0 saturated carbocycles. The normalized spacial score (nSPS) is 12.8. The Kier molecular flexibility index (Phi) is 5.76. The average molecular weight is 287 g/mol. The Morgan fingerprint density at radius 2 is 2.00 bits per heavy atom. The molecule has 0 aliphatic heterocycles. The first-order chi connectivity index (χ1) is 8.81. The lowest BCUT2D eigenvalue weighted by molar-refractivity contribution is 0.0934. The Hall–Kier alpha value is -1.13. The molecule has 5 heteroatoms. The number of likely N-dealkylation sites (N-methyl/N-ethyl adjacent to an activating group) is 1. The van der Waals surface area contributed by atoms with Gasteiger partial charge in [0, 0.05) is 23.2 Å². The molecule has 1 atom stereocenters. The van der Waals surface area contributed by atoms with Gasteiger partial charge in [-0.25, -0.2) is 4.39 Å². The van der Waals surface area contributed by atoms with Crippen molar-refractivity contribution in [1.29, 1.82) is 0 Å². The third-order valence-electron chi connectivity index (χ3n) is 3.03. The van der Waals surface area contributed by atoms with Gasteiger partial charge in [0.25, 0.3) is 5.91 Å². The molecular formula is C14H20ClFN2O. The third-order valence-corrected chi connectivity index (χ3v) is 3.25. The number of nitrogens with one attached hydrogen (secondary N) is 1. The summed E-state index contributed by atoms with van der Waals surface area (Å²) < 4.78 is 13.2. The van der Waals surface area contributed by atoms with Crippen LogP contribution < -0.4 is 5.32 Å². The van der Waals surface area contributed by atoms with E-state index in [9.17, 15) is 9.18 Å². The van der Waals surface area contributed by atoms with E-state index >= 15 is 0 Å². The number of halogens is 2. The monoisotopic (exact) mass is 286 g/mol. The summed E-state index contributed by atoms with van der Waals surface area (Å²) in [7, 11) is 3.94. The maximum Gasteiger partial charge on any atom is 0.251 e. The van der Waals surface area contributed by atoms with E-state index in [4.69, 9.17) is 11.6 Å². The molecule has 0 radical (unpaired) electrons. The Morgan fingerprint density at radius 1 is 1.37 bits per heavy atom. The molecule has 0 heterocycles. The van der Waals surface area contributed by atoms with Gasteiger partial charge in [0.05, 0.1) is 0 Å². The van der Waals surface area contributed by atoms with Crippen LogP contribution in [-0.4, -0.2) is 37.5 Å². The van der Waals surface area contributed by atoms with E-state index in [1.807, 2.05) is 14.1 Å². The van der Waals surface area contributed by atoms with Crippen LogP contribution in [0.2, 0.25) is 5.02 Å². The lowest BCUT2D eigenvalue weighted by atomic mass is 10.0. The molecule has 0 fully saturated rings. The summed E-state index contributed by atoms with van der Waals surface area (Å²) in [5.41, 5.74) is 0.242. The Labute approximate surface area is 118 Å². The van der Waals surface area contributed by atoms with Gasteiger partial charge in [0.15, 0.2) is 0 Å². The molecule has 1 rings (SSSR count). The zero-order valence-electron chi connectivity index (χ0n) is 11.7. The minimum Gasteiger partial charge on any atom is -0.350 e. The average Bonchev–Trinajstić information content (AvgIpc) is 2.26. The van der Waals surface area contributed by atoms with Crippen molar-refractivity contribution in [2.75, 3.05) is 20.6 Å². The minimum absolute atomic E-state index is 0.221.